The van der Waals surface area contributed by atoms with Crippen molar-refractivity contribution < 1.29 is 9.15 Å². The zero-order chi connectivity index (χ0) is 21.3. The van der Waals surface area contributed by atoms with Gasteiger partial charge in [-0.3, -0.25) is 5.10 Å². The summed E-state index contributed by atoms with van der Waals surface area (Å²) in [6, 6.07) is 13.5. The monoisotopic (exact) mass is 427 g/mol. The van der Waals surface area contributed by atoms with E-state index in [1.807, 2.05) is 42.5 Å². The molecule has 1 atom stereocenters. The Balaban J connectivity index is 1.26. The Morgan fingerprint density at radius 1 is 1.06 bits per heavy atom. The first-order valence-corrected chi connectivity index (χ1v) is 10.6. The lowest BCUT2D eigenvalue weighted by molar-refractivity contribution is 0.478. The number of pyridine rings is 2. The summed E-state index contributed by atoms with van der Waals surface area (Å²) in [7, 11) is 0. The predicted octanol–water partition coefficient (Wildman–Crippen LogP) is 4.12. The van der Waals surface area contributed by atoms with Crippen LogP contribution in [0.1, 0.15) is 12.8 Å². The van der Waals surface area contributed by atoms with E-state index >= 15 is 0 Å². The molecule has 1 saturated heterocycles. The number of piperidine rings is 1. The maximum Gasteiger partial charge on any atom is 0.228 e. The highest BCUT2D eigenvalue weighted by Gasteiger charge is 2.18. The molecule has 0 radical (unpaired) electrons. The van der Waals surface area contributed by atoms with Gasteiger partial charge in [0.05, 0.1) is 0 Å². The summed E-state index contributed by atoms with van der Waals surface area (Å²) < 4.78 is 12.0. The number of hydrogen-bond donors (Lipinski definition) is 3. The Morgan fingerprint density at radius 2 is 2.00 bits per heavy atom. The predicted molar refractivity (Wildman–Crippen MR) is 121 cm³/mol. The lowest BCUT2D eigenvalue weighted by Crippen LogP contribution is -2.38. The first kappa shape index (κ1) is 18.8. The van der Waals surface area contributed by atoms with Crippen LogP contribution in [0.3, 0.4) is 0 Å². The molecule has 9 nitrogen and oxygen atoms in total. The maximum atomic E-state index is 6.21. The molecule has 1 aliphatic heterocycles. The Kier molecular flexibility index (Phi) is 4.65. The zero-order valence-corrected chi connectivity index (χ0v) is 17.2. The first-order valence-electron chi connectivity index (χ1n) is 10.6. The molecule has 0 unspecified atom stereocenters. The molecule has 32 heavy (non-hydrogen) atoms. The summed E-state index contributed by atoms with van der Waals surface area (Å²) in [5, 5.41) is 15.2. The molecule has 3 N–H and O–H groups in total. The van der Waals surface area contributed by atoms with E-state index in [2.05, 4.69) is 35.8 Å². The molecule has 6 rings (SSSR count). The smallest absolute Gasteiger partial charge is 0.228 e. The molecule has 5 heterocycles. The molecule has 0 spiro atoms. The third kappa shape index (κ3) is 3.52. The van der Waals surface area contributed by atoms with Crippen molar-refractivity contribution in [1.82, 2.24) is 30.5 Å². The number of aromatic amines is 1. The molecule has 0 amide bonds. The molecule has 0 bridgehead atoms. The van der Waals surface area contributed by atoms with Gasteiger partial charge < -0.3 is 19.8 Å². The number of anilines is 1. The molecule has 5 aromatic rings. The van der Waals surface area contributed by atoms with Gasteiger partial charge in [0.2, 0.25) is 5.89 Å². The molecular weight excluding hydrogens is 406 g/mol. The Morgan fingerprint density at radius 3 is 2.84 bits per heavy atom. The van der Waals surface area contributed by atoms with Crippen molar-refractivity contribution in [3.8, 4) is 23.0 Å². The summed E-state index contributed by atoms with van der Waals surface area (Å²) in [5.74, 6) is 2.67. The fourth-order valence-corrected chi connectivity index (χ4v) is 3.97. The number of H-pyrrole nitrogens is 1. The Bertz CT molecular complexity index is 1340. The summed E-state index contributed by atoms with van der Waals surface area (Å²) in [5.41, 5.74) is 2.79. The van der Waals surface area contributed by atoms with Crippen LogP contribution >= 0.6 is 0 Å². The molecule has 1 aliphatic rings. The number of aromatic nitrogens is 5. The lowest BCUT2D eigenvalue weighted by atomic mass is 10.1. The van der Waals surface area contributed by atoms with Crippen LogP contribution in [0.5, 0.6) is 11.5 Å². The molecule has 9 heteroatoms. The number of hydrogen-bond acceptors (Lipinski definition) is 8. The van der Waals surface area contributed by atoms with Crippen molar-refractivity contribution >= 4 is 28.1 Å². The number of nitrogens with one attached hydrogen (secondary N) is 3. The van der Waals surface area contributed by atoms with Gasteiger partial charge in [0.15, 0.2) is 22.7 Å². The minimum atomic E-state index is 0.327. The number of ether oxygens (including phenoxy) is 1. The molecular formula is C23H21N7O2. The quantitative estimate of drug-likeness (QED) is 0.384. The third-order valence-corrected chi connectivity index (χ3v) is 5.55. The van der Waals surface area contributed by atoms with Crippen LogP contribution in [-0.4, -0.2) is 44.3 Å². The van der Waals surface area contributed by atoms with Crippen LogP contribution in [0.25, 0.3) is 33.7 Å². The SMILES string of the molecule is c1cnc2nc(-c3ccc(Oc4ccnc5[nH]nc(N[C@@H]6CCCNC6)c45)cc3)oc2c1. The highest BCUT2D eigenvalue weighted by molar-refractivity contribution is 5.93. The van der Waals surface area contributed by atoms with Gasteiger partial charge in [-0.1, -0.05) is 0 Å². The van der Waals surface area contributed by atoms with Crippen LogP contribution in [-0.2, 0) is 0 Å². The first-order chi connectivity index (χ1) is 15.8. The van der Waals surface area contributed by atoms with E-state index in [9.17, 15) is 0 Å². The van der Waals surface area contributed by atoms with Crippen molar-refractivity contribution in [2.75, 3.05) is 18.4 Å². The van der Waals surface area contributed by atoms with Gasteiger partial charge in [-0.15, -0.1) is 0 Å². The minimum absolute atomic E-state index is 0.327. The minimum Gasteiger partial charge on any atom is -0.456 e. The average molecular weight is 427 g/mol. The van der Waals surface area contributed by atoms with E-state index in [4.69, 9.17) is 9.15 Å². The van der Waals surface area contributed by atoms with Crippen molar-refractivity contribution in [2.24, 2.45) is 0 Å². The van der Waals surface area contributed by atoms with Crippen molar-refractivity contribution in [3.63, 3.8) is 0 Å². The molecule has 1 fully saturated rings. The molecule has 1 aromatic carbocycles. The zero-order valence-electron chi connectivity index (χ0n) is 17.2. The van der Waals surface area contributed by atoms with E-state index in [1.165, 1.54) is 0 Å². The average Bonchev–Trinajstić information content (AvgIpc) is 3.45. The van der Waals surface area contributed by atoms with Gasteiger partial charge in [-0.2, -0.15) is 10.1 Å². The second kappa shape index (κ2) is 7.93. The van der Waals surface area contributed by atoms with Gasteiger partial charge in [-0.05, 0) is 55.8 Å². The highest BCUT2D eigenvalue weighted by Crippen LogP contribution is 2.34. The highest BCUT2D eigenvalue weighted by atomic mass is 16.5. The molecule has 0 aliphatic carbocycles. The normalized spacial score (nSPS) is 16.4. The lowest BCUT2D eigenvalue weighted by Gasteiger charge is -2.23. The topological polar surface area (TPSA) is 114 Å². The summed E-state index contributed by atoms with van der Waals surface area (Å²) in [4.78, 5) is 13.1. The summed E-state index contributed by atoms with van der Waals surface area (Å²) in [6.07, 6.45) is 5.65. The number of nitrogens with zero attached hydrogens (tertiary/aromatic N) is 4. The molecule has 4 aromatic heterocycles. The van der Waals surface area contributed by atoms with Gasteiger partial charge in [0.1, 0.15) is 16.9 Å². The maximum absolute atomic E-state index is 6.21. The summed E-state index contributed by atoms with van der Waals surface area (Å²) >= 11 is 0. The standard InChI is InChI=1S/C23H21N7O2/c1-3-15(13-24-10-1)27-22-19-17(9-12-26-21(19)29-30-22)31-16-7-5-14(6-8-16)23-28-20-18(32-23)4-2-11-25-20/h2,4-9,11-12,15,24H,1,3,10,13H2,(H2,26,27,29,30)/t15-/m1/s1. The molecule has 160 valence electrons. The fraction of sp³-hybridized carbons (Fsp3) is 0.217. The van der Waals surface area contributed by atoms with Gasteiger partial charge in [-0.25, -0.2) is 9.97 Å². The van der Waals surface area contributed by atoms with E-state index in [1.54, 1.807) is 12.4 Å². The number of oxazole rings is 1. The van der Waals surface area contributed by atoms with E-state index in [0.29, 0.717) is 40.3 Å². The Hall–Kier alpha value is -3.98. The molecule has 0 saturated carbocycles. The van der Waals surface area contributed by atoms with Crippen molar-refractivity contribution in [1.29, 1.82) is 0 Å². The largest absolute Gasteiger partial charge is 0.456 e. The van der Waals surface area contributed by atoms with Crippen LogP contribution in [0.4, 0.5) is 5.82 Å². The van der Waals surface area contributed by atoms with Crippen molar-refractivity contribution in [2.45, 2.75) is 18.9 Å². The van der Waals surface area contributed by atoms with Gasteiger partial charge >= 0.3 is 0 Å². The van der Waals surface area contributed by atoms with Gasteiger partial charge in [0, 0.05) is 36.6 Å². The van der Waals surface area contributed by atoms with Crippen LogP contribution < -0.4 is 15.4 Å². The van der Waals surface area contributed by atoms with Crippen LogP contribution in [0.2, 0.25) is 0 Å². The third-order valence-electron chi connectivity index (χ3n) is 5.55. The number of rotatable bonds is 5. The Labute approximate surface area is 183 Å². The second-order valence-corrected chi connectivity index (χ2v) is 7.76. The van der Waals surface area contributed by atoms with Crippen LogP contribution in [0.15, 0.2) is 59.3 Å². The number of benzene rings is 1. The second-order valence-electron chi connectivity index (χ2n) is 7.76. The van der Waals surface area contributed by atoms with Crippen molar-refractivity contribution in [3.05, 3.63) is 54.9 Å². The number of fused-ring (bicyclic) bond motifs is 2. The van der Waals surface area contributed by atoms with E-state index in [0.717, 1.165) is 42.7 Å². The van der Waals surface area contributed by atoms with Crippen LogP contribution in [0, 0.1) is 0 Å². The van der Waals surface area contributed by atoms with Gasteiger partial charge in [0.25, 0.3) is 0 Å². The summed E-state index contributed by atoms with van der Waals surface area (Å²) in [6.45, 7) is 1.98. The van der Waals surface area contributed by atoms with E-state index < -0.39 is 0 Å². The van der Waals surface area contributed by atoms with E-state index in [-0.39, 0.29) is 0 Å². The fourth-order valence-electron chi connectivity index (χ4n) is 3.97.